The molecule has 9 heteroatoms. The van der Waals surface area contributed by atoms with Crippen LogP contribution in [0.1, 0.15) is 45.4 Å². The van der Waals surface area contributed by atoms with E-state index in [1.54, 1.807) is 0 Å². The number of rotatable bonds is 3. The van der Waals surface area contributed by atoms with Crippen LogP contribution in [0.5, 0.6) is 0 Å². The molecule has 1 N–H and O–H groups in total. The van der Waals surface area contributed by atoms with E-state index < -0.39 is 40.8 Å². The van der Waals surface area contributed by atoms with Crippen LogP contribution >= 0.6 is 0 Å². The topological polar surface area (TPSA) is 61.8 Å². The van der Waals surface area contributed by atoms with Gasteiger partial charge >= 0.3 is 0 Å². The Balaban J connectivity index is 1.89. The van der Waals surface area contributed by atoms with Crippen LogP contribution in [0.2, 0.25) is 0 Å². The molecule has 3 rings (SSSR count). The van der Waals surface area contributed by atoms with Crippen molar-refractivity contribution in [3.63, 3.8) is 0 Å². The van der Waals surface area contributed by atoms with Gasteiger partial charge in [-0.1, -0.05) is 19.8 Å². The molecule has 1 aromatic carbocycles. The zero-order valence-electron chi connectivity index (χ0n) is 14.7. The van der Waals surface area contributed by atoms with E-state index in [-0.39, 0.29) is 41.6 Å². The van der Waals surface area contributed by atoms with Gasteiger partial charge in [-0.05, 0) is 18.8 Å². The monoisotopic (exact) mass is 385 g/mol. The van der Waals surface area contributed by atoms with Gasteiger partial charge in [0.1, 0.15) is 11.4 Å². The number of hydrogen-bond acceptors (Lipinski definition) is 3. The Hall–Kier alpha value is -2.45. The van der Waals surface area contributed by atoms with Crippen molar-refractivity contribution in [1.29, 1.82) is 0 Å². The van der Waals surface area contributed by atoms with Crippen molar-refractivity contribution >= 4 is 23.2 Å². The van der Waals surface area contributed by atoms with Gasteiger partial charge in [0.25, 0.3) is 5.91 Å². The maximum Gasteiger partial charge on any atom is 0.267 e. The van der Waals surface area contributed by atoms with Crippen LogP contribution in [0, 0.1) is 29.2 Å². The second-order valence-corrected chi connectivity index (χ2v) is 6.91. The Morgan fingerprint density at radius 3 is 2.37 bits per heavy atom. The predicted octanol–water partition coefficient (Wildman–Crippen LogP) is 3.42. The highest BCUT2D eigenvalue weighted by Crippen LogP contribution is 2.30. The molecule has 1 aliphatic carbocycles. The van der Waals surface area contributed by atoms with Crippen LogP contribution in [0.15, 0.2) is 11.2 Å². The molecular formula is C18H19F4N3O2. The van der Waals surface area contributed by atoms with E-state index in [9.17, 15) is 27.2 Å². The summed E-state index contributed by atoms with van der Waals surface area (Å²) in [5.74, 6) is -7.93. The van der Waals surface area contributed by atoms with Crippen LogP contribution in [0.4, 0.5) is 23.2 Å². The summed E-state index contributed by atoms with van der Waals surface area (Å²) in [6.45, 7) is 2.02. The molecule has 2 amide bonds. The van der Waals surface area contributed by atoms with Gasteiger partial charge in [0.05, 0.1) is 0 Å². The zero-order valence-corrected chi connectivity index (χ0v) is 14.7. The van der Waals surface area contributed by atoms with Gasteiger partial charge in [-0.2, -0.15) is 10.1 Å². The van der Waals surface area contributed by atoms with Crippen LogP contribution in [-0.2, 0) is 9.59 Å². The van der Waals surface area contributed by atoms with Gasteiger partial charge in [-0.15, -0.1) is 0 Å². The Labute approximate surface area is 153 Å². The molecule has 2 atom stereocenters. The highest BCUT2D eigenvalue weighted by atomic mass is 19.2. The lowest BCUT2D eigenvalue weighted by Crippen LogP contribution is -2.46. The predicted molar refractivity (Wildman–Crippen MR) is 90.0 cm³/mol. The highest BCUT2D eigenvalue weighted by molar-refractivity contribution is 6.40. The summed E-state index contributed by atoms with van der Waals surface area (Å²) in [6, 6.07) is -0.00943. The first-order valence-corrected chi connectivity index (χ1v) is 8.84. The molecule has 0 saturated heterocycles. The molecule has 1 fully saturated rings. The maximum atomic E-state index is 14.0. The summed E-state index contributed by atoms with van der Waals surface area (Å²) in [6.07, 6.45) is 3.56. The van der Waals surface area contributed by atoms with E-state index in [0.717, 1.165) is 25.7 Å². The first kappa shape index (κ1) is 19.3. The summed E-state index contributed by atoms with van der Waals surface area (Å²) in [4.78, 5) is 24.5. The molecular weight excluding hydrogens is 366 g/mol. The van der Waals surface area contributed by atoms with E-state index in [4.69, 9.17) is 0 Å². The van der Waals surface area contributed by atoms with Crippen molar-refractivity contribution in [2.75, 3.05) is 5.01 Å². The quantitative estimate of drug-likeness (QED) is 0.640. The third-order valence-electron chi connectivity index (χ3n) is 5.02. The van der Waals surface area contributed by atoms with Gasteiger partial charge < -0.3 is 5.32 Å². The first-order chi connectivity index (χ1) is 12.8. The summed E-state index contributed by atoms with van der Waals surface area (Å²) in [7, 11) is 0. The Kier molecular flexibility index (Phi) is 5.48. The van der Waals surface area contributed by atoms with Gasteiger partial charge in [0, 0.05) is 24.9 Å². The number of carbonyl (C=O) groups is 2. The number of nitrogens with zero attached hydrogens (tertiary/aromatic N) is 2. The fourth-order valence-electron chi connectivity index (χ4n) is 3.42. The largest absolute Gasteiger partial charge is 0.348 e. The number of halogens is 4. The van der Waals surface area contributed by atoms with Gasteiger partial charge in [0.15, 0.2) is 23.3 Å². The summed E-state index contributed by atoms with van der Waals surface area (Å²) in [5.41, 5.74) is -1.37. The molecule has 0 spiro atoms. The van der Waals surface area contributed by atoms with Crippen molar-refractivity contribution in [3.8, 4) is 0 Å². The fraction of sp³-hybridized carbons (Fsp3) is 0.500. The lowest BCUT2D eigenvalue weighted by Gasteiger charge is -2.30. The van der Waals surface area contributed by atoms with E-state index >= 15 is 0 Å². The normalized spacial score (nSPS) is 23.2. The maximum absolute atomic E-state index is 14.0. The van der Waals surface area contributed by atoms with E-state index in [1.807, 2.05) is 6.92 Å². The summed E-state index contributed by atoms with van der Waals surface area (Å²) >= 11 is 0. The second kappa shape index (κ2) is 7.66. The molecule has 0 radical (unpaired) electrons. The molecule has 1 aliphatic heterocycles. The van der Waals surface area contributed by atoms with Gasteiger partial charge in [-0.25, -0.2) is 17.6 Å². The SMILES string of the molecule is C[C@H]1CCCC[C@H]1NC(=O)C1=NN(c2c(F)c(F)cc(F)c2F)C(=O)CC1. The third kappa shape index (κ3) is 3.81. The molecule has 146 valence electrons. The average molecular weight is 385 g/mol. The molecule has 0 bridgehead atoms. The number of amides is 2. The molecule has 27 heavy (non-hydrogen) atoms. The summed E-state index contributed by atoms with van der Waals surface area (Å²) in [5, 5.41) is 6.77. The molecule has 1 saturated carbocycles. The Bertz CT molecular complexity index is 786. The average Bonchev–Trinajstić information content (AvgIpc) is 2.63. The van der Waals surface area contributed by atoms with E-state index in [0.29, 0.717) is 0 Å². The van der Waals surface area contributed by atoms with Gasteiger partial charge in [0.2, 0.25) is 5.91 Å². The molecule has 2 aliphatic rings. The Morgan fingerprint density at radius 1 is 1.11 bits per heavy atom. The van der Waals surface area contributed by atoms with Gasteiger partial charge in [-0.3, -0.25) is 9.59 Å². The van der Waals surface area contributed by atoms with Crippen molar-refractivity contribution in [2.24, 2.45) is 11.0 Å². The van der Waals surface area contributed by atoms with Crippen molar-refractivity contribution in [2.45, 2.75) is 51.5 Å². The van der Waals surface area contributed by atoms with Crippen molar-refractivity contribution < 1.29 is 27.2 Å². The van der Waals surface area contributed by atoms with Crippen molar-refractivity contribution in [1.82, 2.24) is 5.32 Å². The van der Waals surface area contributed by atoms with Crippen LogP contribution < -0.4 is 10.3 Å². The fourth-order valence-corrected chi connectivity index (χ4v) is 3.42. The number of benzene rings is 1. The molecule has 0 aromatic heterocycles. The lowest BCUT2D eigenvalue weighted by molar-refractivity contribution is -0.119. The highest BCUT2D eigenvalue weighted by Gasteiger charge is 2.33. The second-order valence-electron chi connectivity index (χ2n) is 6.91. The number of nitrogens with one attached hydrogen (secondary N) is 1. The number of carbonyl (C=O) groups excluding carboxylic acids is 2. The molecule has 5 nitrogen and oxygen atoms in total. The van der Waals surface area contributed by atoms with E-state index in [2.05, 4.69) is 10.4 Å². The Morgan fingerprint density at radius 2 is 1.74 bits per heavy atom. The minimum absolute atomic E-state index is 0.0245. The lowest BCUT2D eigenvalue weighted by atomic mass is 9.86. The van der Waals surface area contributed by atoms with Crippen LogP contribution in [-0.4, -0.2) is 23.6 Å². The van der Waals surface area contributed by atoms with E-state index in [1.165, 1.54) is 0 Å². The smallest absolute Gasteiger partial charge is 0.267 e. The zero-order chi connectivity index (χ0) is 19.7. The third-order valence-corrected chi connectivity index (χ3v) is 5.02. The number of anilines is 1. The standard InChI is InChI=1S/C18H19F4N3O2/c1-9-4-2-3-5-12(9)23-18(27)13-6-7-14(26)25(24-13)17-15(21)10(19)8-11(20)16(17)22/h8-9,12H,2-7H2,1H3,(H,23,27)/t9-,12+/m0/s1. The molecule has 0 unspecified atom stereocenters. The molecule has 1 heterocycles. The minimum Gasteiger partial charge on any atom is -0.348 e. The van der Waals surface area contributed by atoms with Crippen molar-refractivity contribution in [3.05, 3.63) is 29.3 Å². The summed E-state index contributed by atoms with van der Waals surface area (Å²) < 4.78 is 54.9. The van der Waals surface area contributed by atoms with Crippen LogP contribution in [0.25, 0.3) is 0 Å². The van der Waals surface area contributed by atoms with Crippen LogP contribution in [0.3, 0.4) is 0 Å². The molecule has 1 aromatic rings. The first-order valence-electron chi connectivity index (χ1n) is 8.84. The number of hydrazone groups is 1. The number of hydrogen-bond donors (Lipinski definition) is 1. The minimum atomic E-state index is -1.74.